The van der Waals surface area contributed by atoms with Crippen molar-refractivity contribution in [1.82, 2.24) is 10.2 Å². The molecule has 7 nitrogen and oxygen atoms in total. The number of nitrogens with zero attached hydrogens (tertiary/aromatic N) is 2. The van der Waals surface area contributed by atoms with E-state index < -0.39 is 5.25 Å². The van der Waals surface area contributed by atoms with Crippen molar-refractivity contribution >= 4 is 23.4 Å². The van der Waals surface area contributed by atoms with E-state index in [4.69, 9.17) is 13.6 Å². The highest BCUT2D eigenvalue weighted by molar-refractivity contribution is 8.00. The topological polar surface area (TPSA) is 90.4 Å². The van der Waals surface area contributed by atoms with Crippen LogP contribution in [0.5, 0.6) is 5.75 Å². The number of furan rings is 1. The Morgan fingerprint density at radius 3 is 2.85 bits per heavy atom. The van der Waals surface area contributed by atoms with Gasteiger partial charge in [-0.15, -0.1) is 10.2 Å². The molecule has 8 heteroatoms. The van der Waals surface area contributed by atoms with Crippen molar-refractivity contribution in [3.63, 3.8) is 0 Å². The minimum atomic E-state index is -0.427. The lowest BCUT2D eigenvalue weighted by molar-refractivity contribution is -0.115. The van der Waals surface area contributed by atoms with Gasteiger partial charge in [0.25, 0.3) is 11.1 Å². The number of para-hydroxylation sites is 2. The Balaban J connectivity index is 1.65. The molecular weight excluding hydrogens is 354 g/mol. The molecule has 0 aliphatic heterocycles. The molecule has 2 heterocycles. The van der Waals surface area contributed by atoms with Gasteiger partial charge in [-0.05, 0) is 39.0 Å². The Hall–Kier alpha value is -2.74. The molecule has 0 saturated carbocycles. The molecule has 1 N–H and O–H groups in total. The highest BCUT2D eigenvalue weighted by atomic mass is 32.2. The second kappa shape index (κ2) is 8.09. The quantitative estimate of drug-likeness (QED) is 0.622. The van der Waals surface area contributed by atoms with Gasteiger partial charge in [-0.2, -0.15) is 0 Å². The van der Waals surface area contributed by atoms with E-state index in [0.717, 1.165) is 5.56 Å². The summed E-state index contributed by atoms with van der Waals surface area (Å²) in [5.41, 5.74) is 1.37. The van der Waals surface area contributed by atoms with E-state index in [1.807, 2.05) is 32.0 Å². The first kappa shape index (κ1) is 18.1. The maximum atomic E-state index is 12.5. The highest BCUT2D eigenvalue weighted by Crippen LogP contribution is 2.29. The van der Waals surface area contributed by atoms with E-state index in [9.17, 15) is 4.79 Å². The van der Waals surface area contributed by atoms with Crippen LogP contribution in [0.3, 0.4) is 0 Å². The summed E-state index contributed by atoms with van der Waals surface area (Å²) in [5, 5.41) is 10.8. The molecular formula is C18H19N3O4S. The van der Waals surface area contributed by atoms with E-state index in [2.05, 4.69) is 15.5 Å². The monoisotopic (exact) mass is 373 g/mol. The maximum absolute atomic E-state index is 12.5. The fraction of sp³-hybridized carbons (Fsp3) is 0.278. The summed E-state index contributed by atoms with van der Waals surface area (Å²) >= 11 is 1.19. The van der Waals surface area contributed by atoms with Crippen molar-refractivity contribution in [3.8, 4) is 17.2 Å². The number of nitrogens with one attached hydrogen (secondary N) is 1. The van der Waals surface area contributed by atoms with Gasteiger partial charge in [0.1, 0.15) is 11.5 Å². The normalized spacial score (nSPS) is 12.0. The first-order chi connectivity index (χ1) is 12.6. The van der Waals surface area contributed by atoms with Gasteiger partial charge in [0.2, 0.25) is 5.91 Å². The van der Waals surface area contributed by atoms with Crippen LogP contribution in [0.4, 0.5) is 5.69 Å². The predicted molar refractivity (Wildman–Crippen MR) is 98.3 cm³/mol. The summed E-state index contributed by atoms with van der Waals surface area (Å²) in [4.78, 5) is 12.5. The highest BCUT2D eigenvalue weighted by Gasteiger charge is 2.20. The molecule has 0 spiro atoms. The van der Waals surface area contributed by atoms with E-state index in [-0.39, 0.29) is 5.91 Å². The van der Waals surface area contributed by atoms with Crippen molar-refractivity contribution in [2.24, 2.45) is 0 Å². The van der Waals surface area contributed by atoms with Crippen molar-refractivity contribution in [2.45, 2.75) is 31.2 Å². The van der Waals surface area contributed by atoms with Gasteiger partial charge in [0.15, 0.2) is 0 Å². The third kappa shape index (κ3) is 4.08. The van der Waals surface area contributed by atoms with Gasteiger partial charge >= 0.3 is 0 Å². The Bertz CT molecular complexity index is 890. The Morgan fingerprint density at radius 1 is 1.31 bits per heavy atom. The second-order valence-corrected chi connectivity index (χ2v) is 6.73. The summed E-state index contributed by atoms with van der Waals surface area (Å²) in [5.74, 6) is 1.52. The van der Waals surface area contributed by atoms with Crippen molar-refractivity contribution in [2.75, 3.05) is 11.9 Å². The molecule has 0 radical (unpaired) electrons. The zero-order valence-corrected chi connectivity index (χ0v) is 15.5. The number of carbonyl (C=O) groups excluding carboxylic acids is 1. The number of aryl methyl sites for hydroxylation is 1. The zero-order valence-electron chi connectivity index (χ0n) is 14.7. The van der Waals surface area contributed by atoms with Crippen LogP contribution in [-0.2, 0) is 4.79 Å². The number of anilines is 1. The molecule has 1 atom stereocenters. The van der Waals surface area contributed by atoms with Crippen LogP contribution < -0.4 is 10.1 Å². The molecule has 136 valence electrons. The number of rotatable bonds is 7. The number of ether oxygens (including phenoxy) is 1. The lowest BCUT2D eigenvalue weighted by Crippen LogP contribution is -2.22. The maximum Gasteiger partial charge on any atom is 0.277 e. The summed E-state index contributed by atoms with van der Waals surface area (Å²) in [6, 6.07) is 9.07. The molecule has 0 saturated heterocycles. The van der Waals surface area contributed by atoms with Crippen molar-refractivity contribution in [3.05, 3.63) is 42.4 Å². The van der Waals surface area contributed by atoms with E-state index in [1.54, 1.807) is 25.3 Å². The summed E-state index contributed by atoms with van der Waals surface area (Å²) < 4.78 is 16.4. The molecule has 2 aromatic heterocycles. The van der Waals surface area contributed by atoms with Gasteiger partial charge in [-0.25, -0.2) is 0 Å². The van der Waals surface area contributed by atoms with Crippen LogP contribution in [0.2, 0.25) is 0 Å². The molecule has 1 aromatic carbocycles. The first-order valence-electron chi connectivity index (χ1n) is 8.15. The fourth-order valence-electron chi connectivity index (χ4n) is 2.26. The second-order valence-electron chi connectivity index (χ2n) is 5.44. The zero-order chi connectivity index (χ0) is 18.5. The average Bonchev–Trinajstić information content (AvgIpc) is 3.25. The SMILES string of the molecule is CCOc1ccccc1NC(=O)[C@H](C)Sc1nnc(-c2ccoc2C)o1. The predicted octanol–water partition coefficient (Wildman–Crippen LogP) is 4.16. The number of benzene rings is 1. The Kier molecular flexibility index (Phi) is 5.62. The molecule has 26 heavy (non-hydrogen) atoms. The number of carbonyl (C=O) groups is 1. The molecule has 3 rings (SSSR count). The summed E-state index contributed by atoms with van der Waals surface area (Å²) in [6.07, 6.45) is 1.56. The number of hydrogen-bond acceptors (Lipinski definition) is 7. The molecule has 0 aliphatic carbocycles. The average molecular weight is 373 g/mol. The van der Waals surface area contributed by atoms with Crippen LogP contribution in [0, 0.1) is 6.92 Å². The minimum Gasteiger partial charge on any atom is -0.492 e. The van der Waals surface area contributed by atoms with Gasteiger partial charge in [-0.3, -0.25) is 4.79 Å². The van der Waals surface area contributed by atoms with Crippen molar-refractivity contribution in [1.29, 1.82) is 0 Å². The molecule has 0 fully saturated rings. The minimum absolute atomic E-state index is 0.179. The number of amides is 1. The molecule has 3 aromatic rings. The molecule has 0 bridgehead atoms. The van der Waals surface area contributed by atoms with Crippen molar-refractivity contribution < 1.29 is 18.4 Å². The van der Waals surface area contributed by atoms with Gasteiger partial charge in [0, 0.05) is 0 Å². The van der Waals surface area contributed by atoms with E-state index in [0.29, 0.717) is 34.9 Å². The van der Waals surface area contributed by atoms with Crippen LogP contribution in [0.1, 0.15) is 19.6 Å². The van der Waals surface area contributed by atoms with Crippen LogP contribution in [-0.4, -0.2) is 28.0 Å². The first-order valence-corrected chi connectivity index (χ1v) is 9.03. The van der Waals surface area contributed by atoms with Crippen LogP contribution >= 0.6 is 11.8 Å². The lowest BCUT2D eigenvalue weighted by Gasteiger charge is -2.13. The summed E-state index contributed by atoms with van der Waals surface area (Å²) in [6.45, 7) is 6.01. The smallest absolute Gasteiger partial charge is 0.277 e. The number of hydrogen-bond donors (Lipinski definition) is 1. The third-order valence-electron chi connectivity index (χ3n) is 3.59. The van der Waals surface area contributed by atoms with Crippen LogP contribution in [0.15, 0.2) is 50.7 Å². The lowest BCUT2D eigenvalue weighted by atomic mass is 10.3. The van der Waals surface area contributed by atoms with Gasteiger partial charge < -0.3 is 18.9 Å². The fourth-order valence-corrected chi connectivity index (χ4v) is 2.95. The van der Waals surface area contributed by atoms with Gasteiger partial charge in [-0.1, -0.05) is 23.9 Å². The molecule has 0 aliphatic rings. The number of thioether (sulfide) groups is 1. The molecule has 1 amide bonds. The number of aromatic nitrogens is 2. The third-order valence-corrected chi connectivity index (χ3v) is 4.52. The standard InChI is InChI=1S/C18H19N3O4S/c1-4-23-15-8-6-5-7-14(15)19-16(22)12(3)26-18-21-20-17(25-18)13-9-10-24-11(13)2/h5-10,12H,4H2,1-3H3,(H,19,22)/t12-/m0/s1. The largest absolute Gasteiger partial charge is 0.492 e. The van der Waals surface area contributed by atoms with Crippen LogP contribution in [0.25, 0.3) is 11.5 Å². The summed E-state index contributed by atoms with van der Waals surface area (Å²) in [7, 11) is 0. The Morgan fingerprint density at radius 2 is 2.12 bits per heavy atom. The Labute approximate surface area is 155 Å². The van der Waals surface area contributed by atoms with E-state index >= 15 is 0 Å². The molecule has 0 unspecified atom stereocenters. The van der Waals surface area contributed by atoms with Gasteiger partial charge in [0.05, 0.1) is 29.4 Å². The van der Waals surface area contributed by atoms with E-state index in [1.165, 1.54) is 11.8 Å².